The molecule has 0 saturated heterocycles. The summed E-state index contributed by atoms with van der Waals surface area (Å²) in [5.74, 6) is -0.332. The third kappa shape index (κ3) is 6.09. The smallest absolute Gasteiger partial charge is 0.127 e. The molecule has 1 aromatic rings. The van der Waals surface area contributed by atoms with E-state index in [-0.39, 0.29) is 5.82 Å². The summed E-state index contributed by atoms with van der Waals surface area (Å²) >= 11 is 0. The van der Waals surface area contributed by atoms with Gasteiger partial charge in [-0.05, 0) is 32.3 Å². The van der Waals surface area contributed by atoms with Gasteiger partial charge >= 0.3 is 0 Å². The highest BCUT2D eigenvalue weighted by molar-refractivity contribution is 5.54. The number of nitrogens with one attached hydrogen (secondary N) is 1. The highest BCUT2D eigenvalue weighted by Crippen LogP contribution is 2.14. The minimum Gasteiger partial charge on any atom is -0.399 e. The molecule has 0 amide bonds. The number of likely N-dealkylation sites (N-methyl/N-ethyl adjacent to an activating group) is 1. The number of nitrogens with zero attached hydrogens (tertiary/aromatic N) is 1. The van der Waals surface area contributed by atoms with Crippen molar-refractivity contribution in [3.05, 3.63) is 24.0 Å². The van der Waals surface area contributed by atoms with Gasteiger partial charge < -0.3 is 20.7 Å². The number of nitrogen functional groups attached to an aromatic ring is 1. The summed E-state index contributed by atoms with van der Waals surface area (Å²) in [6.45, 7) is 2.81. The molecule has 0 saturated carbocycles. The lowest BCUT2D eigenvalue weighted by atomic mass is 10.2. The van der Waals surface area contributed by atoms with Gasteiger partial charge in [0.25, 0.3) is 0 Å². The van der Waals surface area contributed by atoms with Crippen molar-refractivity contribution in [1.82, 2.24) is 4.90 Å². The molecular weight excluding hydrogens is 221 g/mol. The predicted molar refractivity (Wildman–Crippen MR) is 68.7 cm³/mol. The van der Waals surface area contributed by atoms with E-state index in [2.05, 4.69) is 10.2 Å². The Balaban J connectivity index is 2.18. The average molecular weight is 241 g/mol. The monoisotopic (exact) mass is 241 g/mol. The molecule has 0 atom stereocenters. The van der Waals surface area contributed by atoms with E-state index in [4.69, 9.17) is 10.5 Å². The SMILES string of the molecule is CN(C)CCOCCNc1cc(N)cc(F)c1. The number of halogens is 1. The zero-order valence-corrected chi connectivity index (χ0v) is 10.4. The summed E-state index contributed by atoms with van der Waals surface area (Å²) in [6, 6.07) is 4.40. The van der Waals surface area contributed by atoms with Crippen LogP contribution >= 0.6 is 0 Å². The lowest BCUT2D eigenvalue weighted by Gasteiger charge is -2.11. The predicted octanol–water partition coefficient (Wildman–Crippen LogP) is 1.40. The van der Waals surface area contributed by atoms with Crippen LogP contribution in [-0.4, -0.2) is 45.3 Å². The van der Waals surface area contributed by atoms with Gasteiger partial charge in [0.05, 0.1) is 13.2 Å². The maximum Gasteiger partial charge on any atom is 0.127 e. The molecule has 0 heterocycles. The van der Waals surface area contributed by atoms with Crippen LogP contribution in [0.25, 0.3) is 0 Å². The van der Waals surface area contributed by atoms with Crippen LogP contribution in [0.5, 0.6) is 0 Å². The largest absolute Gasteiger partial charge is 0.399 e. The molecule has 0 radical (unpaired) electrons. The number of ether oxygens (including phenoxy) is 1. The van der Waals surface area contributed by atoms with Crippen molar-refractivity contribution in [3.8, 4) is 0 Å². The quantitative estimate of drug-likeness (QED) is 0.559. The van der Waals surface area contributed by atoms with Crippen molar-refractivity contribution in [2.24, 2.45) is 0 Å². The molecule has 17 heavy (non-hydrogen) atoms. The molecule has 0 aromatic heterocycles. The molecule has 0 unspecified atom stereocenters. The lowest BCUT2D eigenvalue weighted by Crippen LogP contribution is -2.20. The second kappa shape index (κ2) is 7.09. The van der Waals surface area contributed by atoms with Crippen molar-refractivity contribution in [1.29, 1.82) is 0 Å². The van der Waals surface area contributed by atoms with Gasteiger partial charge in [-0.15, -0.1) is 0 Å². The Kier molecular flexibility index (Phi) is 5.72. The van der Waals surface area contributed by atoms with Crippen molar-refractivity contribution < 1.29 is 9.13 Å². The first kappa shape index (κ1) is 13.7. The van der Waals surface area contributed by atoms with Gasteiger partial charge in [-0.1, -0.05) is 0 Å². The highest BCUT2D eigenvalue weighted by Gasteiger charge is 1.97. The normalized spacial score (nSPS) is 10.8. The molecule has 3 N–H and O–H groups in total. The maximum absolute atomic E-state index is 13.0. The van der Waals surface area contributed by atoms with Crippen LogP contribution in [0.15, 0.2) is 18.2 Å². The van der Waals surface area contributed by atoms with E-state index < -0.39 is 0 Å². The second-order valence-electron chi connectivity index (χ2n) is 4.12. The zero-order chi connectivity index (χ0) is 12.7. The molecule has 0 aliphatic heterocycles. The van der Waals surface area contributed by atoms with E-state index in [0.29, 0.717) is 31.1 Å². The number of nitrogens with two attached hydrogens (primary N) is 1. The topological polar surface area (TPSA) is 50.5 Å². The molecule has 0 aliphatic rings. The number of anilines is 2. The molecule has 0 aliphatic carbocycles. The molecule has 0 spiro atoms. The first-order chi connectivity index (χ1) is 8.08. The van der Waals surface area contributed by atoms with Crippen LogP contribution < -0.4 is 11.1 Å². The minimum absolute atomic E-state index is 0.332. The minimum atomic E-state index is -0.332. The van der Waals surface area contributed by atoms with Gasteiger partial charge in [-0.25, -0.2) is 4.39 Å². The second-order valence-corrected chi connectivity index (χ2v) is 4.12. The third-order valence-corrected chi connectivity index (χ3v) is 2.18. The molecule has 5 heteroatoms. The number of hydrogen-bond donors (Lipinski definition) is 2. The molecule has 0 fully saturated rings. The molecule has 96 valence electrons. The summed E-state index contributed by atoms with van der Waals surface area (Å²) in [6.07, 6.45) is 0. The van der Waals surface area contributed by atoms with Crippen molar-refractivity contribution in [2.45, 2.75) is 0 Å². The maximum atomic E-state index is 13.0. The first-order valence-electron chi connectivity index (χ1n) is 5.60. The Labute approximate surface area is 102 Å². The molecule has 1 rings (SSSR count). The Morgan fingerprint density at radius 3 is 2.71 bits per heavy atom. The standard InChI is InChI=1S/C12H20FN3O/c1-16(2)4-6-17-5-3-15-12-8-10(13)7-11(14)9-12/h7-9,15H,3-6,14H2,1-2H3. The highest BCUT2D eigenvalue weighted by atomic mass is 19.1. The molecule has 1 aromatic carbocycles. The van der Waals surface area contributed by atoms with E-state index >= 15 is 0 Å². The Morgan fingerprint density at radius 2 is 2.06 bits per heavy atom. The van der Waals surface area contributed by atoms with E-state index in [9.17, 15) is 4.39 Å². The van der Waals surface area contributed by atoms with Gasteiger partial charge in [-0.3, -0.25) is 0 Å². The summed E-state index contributed by atoms with van der Waals surface area (Å²) in [5, 5.41) is 3.06. The van der Waals surface area contributed by atoms with Crippen LogP contribution in [-0.2, 0) is 4.74 Å². The van der Waals surface area contributed by atoms with Crippen LogP contribution in [0.2, 0.25) is 0 Å². The van der Waals surface area contributed by atoms with E-state index in [1.165, 1.54) is 12.1 Å². The van der Waals surface area contributed by atoms with Crippen LogP contribution in [0.3, 0.4) is 0 Å². The summed E-state index contributed by atoms with van der Waals surface area (Å²) in [5.41, 5.74) is 6.62. The lowest BCUT2D eigenvalue weighted by molar-refractivity contribution is 0.126. The van der Waals surface area contributed by atoms with Gasteiger partial charge in [0, 0.05) is 24.5 Å². The fourth-order valence-electron chi connectivity index (χ4n) is 1.33. The third-order valence-electron chi connectivity index (χ3n) is 2.18. The fourth-order valence-corrected chi connectivity index (χ4v) is 1.33. The van der Waals surface area contributed by atoms with Crippen molar-refractivity contribution >= 4 is 11.4 Å². The number of rotatable bonds is 7. The summed E-state index contributed by atoms with van der Waals surface area (Å²) < 4.78 is 18.4. The zero-order valence-electron chi connectivity index (χ0n) is 10.4. The van der Waals surface area contributed by atoms with E-state index in [1.54, 1.807) is 6.07 Å². The van der Waals surface area contributed by atoms with Crippen LogP contribution in [0, 0.1) is 5.82 Å². The van der Waals surface area contributed by atoms with Crippen molar-refractivity contribution in [3.63, 3.8) is 0 Å². The van der Waals surface area contributed by atoms with E-state index in [0.717, 1.165) is 6.54 Å². The van der Waals surface area contributed by atoms with Crippen LogP contribution in [0.4, 0.5) is 15.8 Å². The van der Waals surface area contributed by atoms with Crippen LogP contribution in [0.1, 0.15) is 0 Å². The Hall–Kier alpha value is -1.33. The van der Waals surface area contributed by atoms with Gasteiger partial charge in [0.2, 0.25) is 0 Å². The molecule has 4 nitrogen and oxygen atoms in total. The van der Waals surface area contributed by atoms with Gasteiger partial charge in [-0.2, -0.15) is 0 Å². The number of benzene rings is 1. The fraction of sp³-hybridized carbons (Fsp3) is 0.500. The first-order valence-corrected chi connectivity index (χ1v) is 5.60. The van der Waals surface area contributed by atoms with Crippen molar-refractivity contribution in [2.75, 3.05) is 51.4 Å². The van der Waals surface area contributed by atoms with E-state index in [1.807, 2.05) is 14.1 Å². The summed E-state index contributed by atoms with van der Waals surface area (Å²) in [4.78, 5) is 2.06. The average Bonchev–Trinajstić information content (AvgIpc) is 2.21. The van der Waals surface area contributed by atoms with Gasteiger partial charge in [0.1, 0.15) is 5.82 Å². The number of hydrogen-bond acceptors (Lipinski definition) is 4. The molecular formula is C12H20FN3O. The molecule has 0 bridgehead atoms. The Bertz CT molecular complexity index is 324. The Morgan fingerprint density at radius 1 is 1.29 bits per heavy atom. The van der Waals surface area contributed by atoms with Gasteiger partial charge in [0.15, 0.2) is 0 Å². The summed E-state index contributed by atoms with van der Waals surface area (Å²) in [7, 11) is 3.99.